The van der Waals surface area contributed by atoms with Crippen molar-refractivity contribution in [2.75, 3.05) is 9.80 Å². The van der Waals surface area contributed by atoms with Crippen LogP contribution in [0.1, 0.15) is 0 Å². The highest BCUT2D eigenvalue weighted by Gasteiger charge is 2.30. The topological polar surface area (TPSA) is 209 Å². The van der Waals surface area contributed by atoms with Crippen molar-refractivity contribution in [3.05, 3.63) is 146 Å². The maximum atomic E-state index is 10.9. The Balaban J connectivity index is 1.31. The number of anilines is 6. The molecular formula is C56H52N2O10Si2. The molecule has 70 heavy (non-hydrogen) atoms. The number of nitrogens with zero attached hydrogens (tertiary/aromatic N) is 2. The van der Waals surface area contributed by atoms with E-state index >= 15 is 0 Å². The normalized spacial score (nSPS) is 11.9. The van der Waals surface area contributed by atoms with Crippen LogP contribution in [0.5, 0.6) is 57.5 Å². The lowest BCUT2D eigenvalue weighted by Gasteiger charge is -2.33. The minimum Gasteiger partial charge on any atom is -0.504 e. The number of hydrogen-bond donors (Lipinski definition) is 10. The van der Waals surface area contributed by atoms with E-state index in [0.717, 1.165) is 44.3 Å². The van der Waals surface area contributed by atoms with Crippen LogP contribution in [0, 0.1) is 0 Å². The summed E-state index contributed by atoms with van der Waals surface area (Å²) in [7, 11) is -3.45. The van der Waals surface area contributed by atoms with E-state index in [4.69, 9.17) is 0 Å². The van der Waals surface area contributed by atoms with E-state index in [1.807, 2.05) is 48.5 Å². The van der Waals surface area contributed by atoms with Crippen molar-refractivity contribution in [3.8, 4) is 79.7 Å². The van der Waals surface area contributed by atoms with E-state index in [2.05, 4.69) is 122 Å². The molecule has 0 fully saturated rings. The SMILES string of the molecule is C[Si](C)(C)c1ccc(N(c2ccc(-c3c(O)c(O)c(O)c(O)c3O)cc2)c2c3ccccc3c(N(c3ccc(-c4c(O)c(O)c(O)c(O)c4O)cc3)c3ccc([Si](C)(C)C)cc3)c3ccccc23)cc1. The summed E-state index contributed by atoms with van der Waals surface area (Å²) in [5.74, 6) is -9.13. The third-order valence-corrected chi connectivity index (χ3v) is 17.0. The lowest BCUT2D eigenvalue weighted by atomic mass is 9.95. The smallest absolute Gasteiger partial charge is 0.208 e. The van der Waals surface area contributed by atoms with Crippen molar-refractivity contribution >= 4 is 82.2 Å². The molecule has 0 atom stereocenters. The fourth-order valence-corrected chi connectivity index (χ4v) is 11.4. The van der Waals surface area contributed by atoms with Crippen LogP contribution in [0.2, 0.25) is 39.3 Å². The maximum absolute atomic E-state index is 10.9. The number of phenols is 10. The van der Waals surface area contributed by atoms with Crippen molar-refractivity contribution in [1.29, 1.82) is 0 Å². The fraction of sp³-hybridized carbons (Fsp3) is 0.107. The van der Waals surface area contributed by atoms with Crippen LogP contribution >= 0.6 is 0 Å². The van der Waals surface area contributed by atoms with Gasteiger partial charge in [0.2, 0.25) is 34.5 Å². The summed E-state index contributed by atoms with van der Waals surface area (Å²) < 4.78 is 0. The monoisotopic (exact) mass is 968 g/mol. The molecule has 354 valence electrons. The number of fused-ring (bicyclic) bond motifs is 2. The van der Waals surface area contributed by atoms with E-state index in [0.29, 0.717) is 11.4 Å². The van der Waals surface area contributed by atoms with Gasteiger partial charge in [-0.15, -0.1) is 0 Å². The van der Waals surface area contributed by atoms with Crippen LogP contribution in [0.15, 0.2) is 146 Å². The van der Waals surface area contributed by atoms with Gasteiger partial charge in [-0.2, -0.15) is 0 Å². The summed E-state index contributed by atoms with van der Waals surface area (Å²) in [6, 6.07) is 47.1. The molecule has 0 saturated carbocycles. The van der Waals surface area contributed by atoms with Gasteiger partial charge in [0, 0.05) is 44.3 Å². The van der Waals surface area contributed by atoms with Crippen molar-refractivity contribution in [3.63, 3.8) is 0 Å². The molecule has 0 saturated heterocycles. The molecule has 9 rings (SSSR count). The molecule has 0 heterocycles. The molecule has 0 amide bonds. The molecule has 0 aliphatic heterocycles. The standard InChI is InChI=1S/C56H52N2O10Si2/c1-69(2,3)37-27-23-35(24-28-37)57(33-19-15-31(16-20-33)43-47(59)51(63)55(67)52(64)48(43)60)45-39-11-7-9-13-41(39)46(42-14-10-8-12-40(42)45)58(36-25-29-38(30-26-36)70(4,5)6)34-21-17-32(18-22-34)44-49(61)53(65)56(68)54(66)50(44)62/h7-30,59-68H,1-6H3. The van der Waals surface area contributed by atoms with Crippen molar-refractivity contribution in [2.24, 2.45) is 0 Å². The van der Waals surface area contributed by atoms with Crippen LogP contribution in [0.25, 0.3) is 43.8 Å². The first-order valence-corrected chi connectivity index (χ1v) is 29.5. The molecule has 9 aromatic carbocycles. The summed E-state index contributed by atoms with van der Waals surface area (Å²) >= 11 is 0. The number of rotatable bonds is 10. The Hall–Kier alpha value is -8.47. The van der Waals surface area contributed by atoms with Gasteiger partial charge in [0.1, 0.15) is 0 Å². The van der Waals surface area contributed by atoms with Gasteiger partial charge in [-0.1, -0.05) is 147 Å². The Morgan fingerprint density at radius 2 is 0.486 bits per heavy atom. The molecule has 0 aliphatic carbocycles. The van der Waals surface area contributed by atoms with Gasteiger partial charge < -0.3 is 60.9 Å². The van der Waals surface area contributed by atoms with E-state index in [1.54, 1.807) is 24.3 Å². The first-order chi connectivity index (χ1) is 33.2. The van der Waals surface area contributed by atoms with Crippen LogP contribution in [-0.4, -0.2) is 67.2 Å². The second-order valence-electron chi connectivity index (χ2n) is 19.4. The molecule has 14 heteroatoms. The van der Waals surface area contributed by atoms with E-state index in [-0.39, 0.29) is 22.3 Å². The fourth-order valence-electron chi connectivity index (χ4n) is 9.07. The zero-order valence-electron chi connectivity index (χ0n) is 39.2. The van der Waals surface area contributed by atoms with Crippen molar-refractivity contribution < 1.29 is 51.1 Å². The lowest BCUT2D eigenvalue weighted by Crippen LogP contribution is -2.37. The van der Waals surface area contributed by atoms with E-state index in [9.17, 15) is 51.1 Å². The van der Waals surface area contributed by atoms with Crippen LogP contribution in [0.4, 0.5) is 34.1 Å². The molecule has 12 nitrogen and oxygen atoms in total. The van der Waals surface area contributed by atoms with E-state index < -0.39 is 73.6 Å². The largest absolute Gasteiger partial charge is 0.504 e. The molecular weight excluding hydrogens is 917 g/mol. The predicted octanol–water partition coefficient (Wildman–Crippen LogP) is 12.4. The summed E-state index contributed by atoms with van der Waals surface area (Å²) in [5, 5.41) is 111. The average molecular weight is 969 g/mol. The summed E-state index contributed by atoms with van der Waals surface area (Å²) in [5.41, 5.74) is 4.77. The minimum atomic E-state index is -1.73. The highest BCUT2D eigenvalue weighted by atomic mass is 28.3. The molecule has 0 radical (unpaired) electrons. The van der Waals surface area contributed by atoms with Crippen LogP contribution in [-0.2, 0) is 0 Å². The third kappa shape index (κ3) is 7.82. The van der Waals surface area contributed by atoms with E-state index in [1.165, 1.54) is 10.4 Å². The molecule has 9 aromatic rings. The second kappa shape index (κ2) is 17.2. The Kier molecular flexibility index (Phi) is 11.5. The number of benzene rings is 9. The molecule has 0 aromatic heterocycles. The Morgan fingerprint density at radius 1 is 0.271 bits per heavy atom. The number of phenolic OH excluding ortho intramolecular Hbond substituents is 10. The first kappa shape index (κ1) is 46.6. The second-order valence-corrected chi connectivity index (χ2v) is 29.5. The van der Waals surface area contributed by atoms with Gasteiger partial charge in [-0.3, -0.25) is 0 Å². The van der Waals surface area contributed by atoms with Crippen molar-refractivity contribution in [2.45, 2.75) is 39.3 Å². The van der Waals surface area contributed by atoms with Gasteiger partial charge in [0.15, 0.2) is 23.0 Å². The molecule has 0 aliphatic rings. The zero-order chi connectivity index (χ0) is 50.1. The average Bonchev–Trinajstić information content (AvgIpc) is 3.35. The van der Waals surface area contributed by atoms with Gasteiger partial charge in [0.05, 0.1) is 38.6 Å². The summed E-state index contributed by atoms with van der Waals surface area (Å²) in [6.45, 7) is 13.7. The van der Waals surface area contributed by atoms with Gasteiger partial charge in [0.25, 0.3) is 0 Å². The minimum absolute atomic E-state index is 0.259. The van der Waals surface area contributed by atoms with Gasteiger partial charge in [-0.25, -0.2) is 0 Å². The van der Waals surface area contributed by atoms with Gasteiger partial charge in [-0.05, 0) is 59.7 Å². The molecule has 0 bridgehead atoms. The lowest BCUT2D eigenvalue weighted by molar-refractivity contribution is 0.330. The molecule has 0 spiro atoms. The maximum Gasteiger partial charge on any atom is 0.208 e. The third-order valence-electron chi connectivity index (χ3n) is 12.9. The zero-order valence-corrected chi connectivity index (χ0v) is 41.2. The molecule has 0 unspecified atom stereocenters. The summed E-state index contributed by atoms with van der Waals surface area (Å²) in [4.78, 5) is 4.31. The number of hydrogen-bond acceptors (Lipinski definition) is 12. The Bertz CT molecular complexity index is 3150. The van der Waals surface area contributed by atoms with Crippen LogP contribution < -0.4 is 20.2 Å². The quantitative estimate of drug-likeness (QED) is 0.0204. The molecule has 10 N–H and O–H groups in total. The first-order valence-electron chi connectivity index (χ1n) is 22.5. The van der Waals surface area contributed by atoms with Crippen molar-refractivity contribution in [1.82, 2.24) is 0 Å². The summed E-state index contributed by atoms with van der Waals surface area (Å²) in [6.07, 6.45) is 0. The highest BCUT2D eigenvalue weighted by molar-refractivity contribution is 6.89. The van der Waals surface area contributed by atoms with Gasteiger partial charge >= 0.3 is 0 Å². The number of aromatic hydroxyl groups is 10. The Labute approximate surface area is 406 Å². The predicted molar refractivity (Wildman–Crippen MR) is 284 cm³/mol. The highest BCUT2D eigenvalue weighted by Crippen LogP contribution is 2.57. The van der Waals surface area contributed by atoms with Crippen LogP contribution in [0.3, 0.4) is 0 Å². The Morgan fingerprint density at radius 3 is 0.714 bits per heavy atom.